The van der Waals surface area contributed by atoms with Crippen molar-refractivity contribution in [3.05, 3.63) is 29.3 Å². The van der Waals surface area contributed by atoms with Crippen LogP contribution >= 0.6 is 0 Å². The van der Waals surface area contributed by atoms with E-state index in [2.05, 4.69) is 16.7 Å². The van der Waals surface area contributed by atoms with Gasteiger partial charge in [-0.25, -0.2) is 0 Å². The number of nitrogens with zero attached hydrogens (tertiary/aromatic N) is 1. The number of carbonyl (C=O) groups is 1. The van der Waals surface area contributed by atoms with E-state index in [1.54, 1.807) is 0 Å². The Balaban J connectivity index is 2.00. The van der Waals surface area contributed by atoms with E-state index in [1.807, 2.05) is 25.2 Å². The second kappa shape index (κ2) is 6.92. The Labute approximate surface area is 118 Å². The van der Waals surface area contributed by atoms with Crippen LogP contribution in [0.15, 0.2) is 18.2 Å². The number of nitriles is 1. The summed E-state index contributed by atoms with van der Waals surface area (Å²) >= 11 is 0. The zero-order chi connectivity index (χ0) is 14.4. The number of amides is 1. The smallest absolute Gasteiger partial charge is 0.258 e. The summed E-state index contributed by atoms with van der Waals surface area (Å²) in [5.74, 6) is 0.410. The van der Waals surface area contributed by atoms with Crippen molar-refractivity contribution in [2.75, 3.05) is 20.2 Å². The van der Waals surface area contributed by atoms with E-state index >= 15 is 0 Å². The summed E-state index contributed by atoms with van der Waals surface area (Å²) in [6.45, 7) is -0.0566. The molecule has 5 heteroatoms. The standard InChI is InChI=1S/C15H19N3O2/c1-17-14-4-2-3-11-5-6-12(9-13(11)14)20-10-15(19)18-8-7-16/h5-6,9,14,17H,2-4,8,10H2,1H3,(H,18,19). The third-order valence-electron chi connectivity index (χ3n) is 3.51. The molecular weight excluding hydrogens is 254 g/mol. The van der Waals surface area contributed by atoms with Crippen molar-refractivity contribution in [1.29, 1.82) is 5.26 Å². The lowest BCUT2D eigenvalue weighted by Gasteiger charge is -2.25. The molecule has 1 aliphatic carbocycles. The van der Waals surface area contributed by atoms with Gasteiger partial charge in [-0.2, -0.15) is 5.26 Å². The highest BCUT2D eigenvalue weighted by Crippen LogP contribution is 2.32. The fraction of sp³-hybridized carbons (Fsp3) is 0.467. The first-order chi connectivity index (χ1) is 9.74. The maximum Gasteiger partial charge on any atom is 0.258 e. The maximum absolute atomic E-state index is 11.4. The summed E-state index contributed by atoms with van der Waals surface area (Å²) in [4.78, 5) is 11.4. The zero-order valence-corrected chi connectivity index (χ0v) is 11.6. The second-order valence-electron chi connectivity index (χ2n) is 4.82. The highest BCUT2D eigenvalue weighted by atomic mass is 16.5. The van der Waals surface area contributed by atoms with E-state index in [-0.39, 0.29) is 19.1 Å². The van der Waals surface area contributed by atoms with Crippen LogP contribution in [-0.2, 0) is 11.2 Å². The Morgan fingerprint density at radius 1 is 1.55 bits per heavy atom. The number of ether oxygens (including phenoxy) is 1. The number of fused-ring (bicyclic) bond motifs is 1. The Morgan fingerprint density at radius 3 is 3.15 bits per heavy atom. The van der Waals surface area contributed by atoms with E-state index < -0.39 is 0 Å². The minimum Gasteiger partial charge on any atom is -0.484 e. The molecule has 1 unspecified atom stereocenters. The van der Waals surface area contributed by atoms with E-state index in [0.717, 1.165) is 12.8 Å². The fourth-order valence-electron chi connectivity index (χ4n) is 2.50. The van der Waals surface area contributed by atoms with Crippen LogP contribution in [0.3, 0.4) is 0 Å². The number of hydrogen-bond donors (Lipinski definition) is 2. The Bertz CT molecular complexity index is 522. The summed E-state index contributed by atoms with van der Waals surface area (Å²) in [7, 11) is 1.96. The number of hydrogen-bond acceptors (Lipinski definition) is 4. The number of carbonyl (C=O) groups excluding carboxylic acids is 1. The summed E-state index contributed by atoms with van der Waals surface area (Å²) in [5.41, 5.74) is 2.60. The number of nitrogens with one attached hydrogen (secondary N) is 2. The largest absolute Gasteiger partial charge is 0.484 e. The summed E-state index contributed by atoms with van der Waals surface area (Å²) < 4.78 is 5.47. The van der Waals surface area contributed by atoms with E-state index in [0.29, 0.717) is 11.8 Å². The van der Waals surface area contributed by atoms with Crippen molar-refractivity contribution in [1.82, 2.24) is 10.6 Å². The average Bonchev–Trinajstić information content (AvgIpc) is 2.50. The molecule has 0 bridgehead atoms. The van der Waals surface area contributed by atoms with Gasteiger partial charge in [-0.3, -0.25) is 4.79 Å². The van der Waals surface area contributed by atoms with Crippen molar-refractivity contribution in [3.8, 4) is 11.8 Å². The molecule has 1 aromatic rings. The minimum absolute atomic E-state index is 0.00814. The molecule has 1 amide bonds. The van der Waals surface area contributed by atoms with E-state index in [4.69, 9.17) is 10.00 Å². The van der Waals surface area contributed by atoms with Crippen molar-refractivity contribution in [2.45, 2.75) is 25.3 Å². The predicted octanol–water partition coefficient (Wildman–Crippen LogP) is 1.30. The van der Waals surface area contributed by atoms with Crippen molar-refractivity contribution >= 4 is 5.91 Å². The van der Waals surface area contributed by atoms with Gasteiger partial charge in [0.2, 0.25) is 0 Å². The first kappa shape index (κ1) is 14.4. The normalized spacial score (nSPS) is 16.9. The second-order valence-corrected chi connectivity index (χ2v) is 4.82. The van der Waals surface area contributed by atoms with Gasteiger partial charge < -0.3 is 15.4 Å². The lowest BCUT2D eigenvalue weighted by atomic mass is 9.87. The van der Waals surface area contributed by atoms with Gasteiger partial charge in [-0.05, 0) is 49.6 Å². The molecule has 0 heterocycles. The Morgan fingerprint density at radius 2 is 2.40 bits per heavy atom. The molecule has 0 aliphatic heterocycles. The molecule has 2 rings (SSSR count). The molecular formula is C15H19N3O2. The lowest BCUT2D eigenvalue weighted by molar-refractivity contribution is -0.122. The van der Waals surface area contributed by atoms with Gasteiger partial charge in [0.15, 0.2) is 6.61 Å². The van der Waals surface area contributed by atoms with Gasteiger partial charge in [0.05, 0.1) is 6.07 Å². The minimum atomic E-state index is -0.283. The molecule has 106 valence electrons. The molecule has 1 aromatic carbocycles. The van der Waals surface area contributed by atoms with Gasteiger partial charge >= 0.3 is 0 Å². The molecule has 0 saturated heterocycles. The molecule has 0 aromatic heterocycles. The molecule has 0 saturated carbocycles. The average molecular weight is 273 g/mol. The van der Waals surface area contributed by atoms with Crippen molar-refractivity contribution in [3.63, 3.8) is 0 Å². The van der Waals surface area contributed by atoms with Crippen LogP contribution in [0, 0.1) is 11.3 Å². The summed E-state index contributed by atoms with van der Waals surface area (Å²) in [6.07, 6.45) is 3.40. The van der Waals surface area contributed by atoms with Gasteiger partial charge in [-0.15, -0.1) is 0 Å². The summed E-state index contributed by atoms with van der Waals surface area (Å²) in [6, 6.07) is 8.19. The first-order valence-electron chi connectivity index (χ1n) is 6.81. The van der Waals surface area contributed by atoms with Crippen LogP contribution in [0.4, 0.5) is 0 Å². The van der Waals surface area contributed by atoms with Crippen LogP contribution < -0.4 is 15.4 Å². The third kappa shape index (κ3) is 3.49. The highest BCUT2D eigenvalue weighted by molar-refractivity contribution is 5.77. The highest BCUT2D eigenvalue weighted by Gasteiger charge is 2.19. The predicted molar refractivity (Wildman–Crippen MR) is 75.3 cm³/mol. The van der Waals surface area contributed by atoms with Crippen molar-refractivity contribution in [2.24, 2.45) is 0 Å². The molecule has 2 N–H and O–H groups in total. The topological polar surface area (TPSA) is 74.2 Å². The lowest BCUT2D eigenvalue weighted by Crippen LogP contribution is -2.29. The SMILES string of the molecule is CNC1CCCc2ccc(OCC(=O)NCC#N)cc21. The number of aryl methyl sites for hydroxylation is 1. The van der Waals surface area contributed by atoms with Crippen LogP contribution in [0.1, 0.15) is 30.0 Å². The molecule has 0 fully saturated rings. The zero-order valence-electron chi connectivity index (χ0n) is 11.6. The maximum atomic E-state index is 11.4. The monoisotopic (exact) mass is 273 g/mol. The quantitative estimate of drug-likeness (QED) is 0.793. The van der Waals surface area contributed by atoms with Crippen LogP contribution in [0.5, 0.6) is 5.75 Å². The van der Waals surface area contributed by atoms with Crippen LogP contribution in [0.25, 0.3) is 0 Å². The molecule has 0 radical (unpaired) electrons. The van der Waals surface area contributed by atoms with Gasteiger partial charge in [0, 0.05) is 6.04 Å². The molecule has 1 aliphatic rings. The summed E-state index contributed by atoms with van der Waals surface area (Å²) in [5, 5.41) is 14.1. The fourth-order valence-corrected chi connectivity index (χ4v) is 2.50. The molecule has 20 heavy (non-hydrogen) atoms. The van der Waals surface area contributed by atoms with Crippen LogP contribution in [-0.4, -0.2) is 26.1 Å². The number of rotatable bonds is 5. The van der Waals surface area contributed by atoms with Gasteiger partial charge in [0.25, 0.3) is 5.91 Å². The number of benzene rings is 1. The third-order valence-corrected chi connectivity index (χ3v) is 3.51. The van der Waals surface area contributed by atoms with Gasteiger partial charge in [0.1, 0.15) is 12.3 Å². The van der Waals surface area contributed by atoms with Gasteiger partial charge in [-0.1, -0.05) is 6.07 Å². The Kier molecular flexibility index (Phi) is 4.97. The van der Waals surface area contributed by atoms with Crippen LogP contribution in [0.2, 0.25) is 0 Å². The van der Waals surface area contributed by atoms with E-state index in [1.165, 1.54) is 17.5 Å². The van der Waals surface area contributed by atoms with E-state index in [9.17, 15) is 4.79 Å². The first-order valence-corrected chi connectivity index (χ1v) is 6.81. The van der Waals surface area contributed by atoms with Crippen molar-refractivity contribution < 1.29 is 9.53 Å². The molecule has 5 nitrogen and oxygen atoms in total. The molecule has 0 spiro atoms. The molecule has 1 atom stereocenters. The Hall–Kier alpha value is -2.06.